The number of aromatic nitrogens is 3. The number of nitrogens with zero attached hydrogens (tertiary/aromatic N) is 3. The lowest BCUT2D eigenvalue weighted by Gasteiger charge is -2.09. The Morgan fingerprint density at radius 2 is 1.92 bits per heavy atom. The second-order valence-electron chi connectivity index (χ2n) is 5.56. The SMILES string of the molecule is Cc1nnc(SCC(=O)Nc2ccc(F)cc2F)n1Cc1ccccc1. The smallest absolute Gasteiger partial charge is 0.234 e. The van der Waals surface area contributed by atoms with Crippen LogP contribution in [0, 0.1) is 18.6 Å². The van der Waals surface area contributed by atoms with Crippen molar-refractivity contribution in [3.63, 3.8) is 0 Å². The predicted molar refractivity (Wildman–Crippen MR) is 96.0 cm³/mol. The van der Waals surface area contributed by atoms with Crippen molar-refractivity contribution in [1.29, 1.82) is 0 Å². The summed E-state index contributed by atoms with van der Waals surface area (Å²) in [5.41, 5.74) is 1.04. The van der Waals surface area contributed by atoms with Crippen LogP contribution in [0.5, 0.6) is 0 Å². The summed E-state index contributed by atoms with van der Waals surface area (Å²) in [6.07, 6.45) is 0. The molecule has 5 nitrogen and oxygen atoms in total. The zero-order valence-corrected chi connectivity index (χ0v) is 14.8. The highest BCUT2D eigenvalue weighted by Crippen LogP contribution is 2.20. The van der Waals surface area contributed by atoms with Gasteiger partial charge in [-0.2, -0.15) is 0 Å². The second kappa shape index (κ2) is 8.09. The molecule has 0 bridgehead atoms. The molecule has 0 aliphatic heterocycles. The number of anilines is 1. The minimum Gasteiger partial charge on any atom is -0.323 e. The molecule has 1 heterocycles. The molecule has 0 spiro atoms. The van der Waals surface area contributed by atoms with Crippen LogP contribution in [-0.2, 0) is 11.3 Å². The summed E-state index contributed by atoms with van der Waals surface area (Å²) < 4.78 is 28.4. The summed E-state index contributed by atoms with van der Waals surface area (Å²) >= 11 is 1.20. The monoisotopic (exact) mass is 374 g/mol. The molecule has 0 radical (unpaired) electrons. The van der Waals surface area contributed by atoms with Gasteiger partial charge in [0.25, 0.3) is 0 Å². The van der Waals surface area contributed by atoms with Crippen molar-refractivity contribution in [2.75, 3.05) is 11.1 Å². The van der Waals surface area contributed by atoms with E-state index in [2.05, 4.69) is 15.5 Å². The maximum Gasteiger partial charge on any atom is 0.234 e. The molecule has 1 amide bonds. The van der Waals surface area contributed by atoms with Crippen LogP contribution in [0.1, 0.15) is 11.4 Å². The third kappa shape index (κ3) is 4.45. The molecule has 0 fully saturated rings. The first-order chi connectivity index (χ1) is 12.5. The Morgan fingerprint density at radius 1 is 1.15 bits per heavy atom. The van der Waals surface area contributed by atoms with Gasteiger partial charge in [-0.3, -0.25) is 4.79 Å². The lowest BCUT2D eigenvalue weighted by atomic mass is 10.2. The van der Waals surface area contributed by atoms with Crippen LogP contribution in [-0.4, -0.2) is 26.4 Å². The number of carbonyl (C=O) groups is 1. The molecule has 0 unspecified atom stereocenters. The molecule has 0 atom stereocenters. The molecule has 2 aromatic carbocycles. The minimum absolute atomic E-state index is 0.0315. The number of carbonyl (C=O) groups excluding carboxylic acids is 1. The molecule has 0 saturated carbocycles. The maximum absolute atomic E-state index is 13.6. The molecule has 26 heavy (non-hydrogen) atoms. The molecular weight excluding hydrogens is 358 g/mol. The molecule has 3 aromatic rings. The highest BCUT2D eigenvalue weighted by molar-refractivity contribution is 7.99. The van der Waals surface area contributed by atoms with Gasteiger partial charge in [-0.15, -0.1) is 10.2 Å². The normalized spacial score (nSPS) is 10.7. The molecule has 0 saturated heterocycles. The molecule has 0 aliphatic carbocycles. The van der Waals surface area contributed by atoms with Crippen molar-refractivity contribution in [3.8, 4) is 0 Å². The van der Waals surface area contributed by atoms with E-state index in [0.717, 1.165) is 23.5 Å². The van der Waals surface area contributed by atoms with Gasteiger partial charge in [0.1, 0.15) is 17.5 Å². The van der Waals surface area contributed by atoms with E-state index >= 15 is 0 Å². The number of nitrogens with one attached hydrogen (secondary N) is 1. The van der Waals surface area contributed by atoms with Gasteiger partial charge in [-0.25, -0.2) is 8.78 Å². The highest BCUT2D eigenvalue weighted by atomic mass is 32.2. The summed E-state index contributed by atoms with van der Waals surface area (Å²) in [7, 11) is 0. The van der Waals surface area contributed by atoms with E-state index in [0.29, 0.717) is 11.7 Å². The van der Waals surface area contributed by atoms with E-state index in [1.807, 2.05) is 41.8 Å². The van der Waals surface area contributed by atoms with Gasteiger partial charge in [0.15, 0.2) is 5.16 Å². The van der Waals surface area contributed by atoms with Crippen LogP contribution in [0.3, 0.4) is 0 Å². The van der Waals surface area contributed by atoms with E-state index in [1.54, 1.807) is 0 Å². The van der Waals surface area contributed by atoms with E-state index in [1.165, 1.54) is 17.8 Å². The Labute approximate surface area is 153 Å². The van der Waals surface area contributed by atoms with E-state index in [4.69, 9.17) is 0 Å². The van der Waals surface area contributed by atoms with E-state index in [9.17, 15) is 13.6 Å². The van der Waals surface area contributed by atoms with Gasteiger partial charge in [0.2, 0.25) is 5.91 Å². The number of hydrogen-bond acceptors (Lipinski definition) is 4. The van der Waals surface area contributed by atoms with E-state index in [-0.39, 0.29) is 11.4 Å². The molecule has 0 aliphatic rings. The number of hydrogen-bond donors (Lipinski definition) is 1. The summed E-state index contributed by atoms with van der Waals surface area (Å²) in [6, 6.07) is 12.8. The van der Waals surface area contributed by atoms with Gasteiger partial charge in [0.05, 0.1) is 18.0 Å². The first-order valence-corrected chi connectivity index (χ1v) is 8.83. The summed E-state index contributed by atoms with van der Waals surface area (Å²) in [5, 5.41) is 11.2. The first-order valence-electron chi connectivity index (χ1n) is 7.84. The lowest BCUT2D eigenvalue weighted by molar-refractivity contribution is -0.113. The van der Waals surface area contributed by atoms with Crippen molar-refractivity contribution < 1.29 is 13.6 Å². The average Bonchev–Trinajstić information content (AvgIpc) is 2.97. The largest absolute Gasteiger partial charge is 0.323 e. The van der Waals surface area contributed by atoms with Crippen molar-refractivity contribution in [1.82, 2.24) is 14.8 Å². The Balaban J connectivity index is 1.63. The van der Waals surface area contributed by atoms with Crippen molar-refractivity contribution >= 4 is 23.4 Å². The molecule has 1 N–H and O–H groups in total. The number of rotatable bonds is 6. The minimum atomic E-state index is -0.813. The van der Waals surface area contributed by atoms with Gasteiger partial charge < -0.3 is 9.88 Å². The molecule has 1 aromatic heterocycles. The standard InChI is InChI=1S/C18H16F2N4OS/c1-12-22-23-18(24(12)10-13-5-3-2-4-6-13)26-11-17(25)21-16-8-7-14(19)9-15(16)20/h2-9H,10-11H2,1H3,(H,21,25). The number of thioether (sulfide) groups is 1. The van der Waals surface area contributed by atoms with Crippen molar-refractivity contribution in [3.05, 3.63) is 71.6 Å². The third-order valence-corrected chi connectivity index (χ3v) is 4.59. The fourth-order valence-electron chi connectivity index (χ4n) is 2.32. The zero-order chi connectivity index (χ0) is 18.5. The van der Waals surface area contributed by atoms with Crippen LogP contribution in [0.25, 0.3) is 0 Å². The topological polar surface area (TPSA) is 59.8 Å². The quantitative estimate of drug-likeness (QED) is 0.669. The first kappa shape index (κ1) is 18.1. The highest BCUT2D eigenvalue weighted by Gasteiger charge is 2.13. The van der Waals surface area contributed by atoms with Crippen LogP contribution < -0.4 is 5.32 Å². The fourth-order valence-corrected chi connectivity index (χ4v) is 3.11. The van der Waals surface area contributed by atoms with Crippen LogP contribution in [0.2, 0.25) is 0 Å². The lowest BCUT2D eigenvalue weighted by Crippen LogP contribution is -2.16. The molecule has 8 heteroatoms. The number of halogens is 2. The Kier molecular flexibility index (Phi) is 5.62. The zero-order valence-electron chi connectivity index (χ0n) is 13.9. The fraction of sp³-hybridized carbons (Fsp3) is 0.167. The second-order valence-corrected chi connectivity index (χ2v) is 6.51. The summed E-state index contributed by atoms with van der Waals surface area (Å²) in [4.78, 5) is 12.0. The summed E-state index contributed by atoms with van der Waals surface area (Å²) in [5.74, 6) is -1.15. The Bertz CT molecular complexity index is 915. The Morgan fingerprint density at radius 3 is 2.65 bits per heavy atom. The number of aryl methyl sites for hydroxylation is 1. The van der Waals surface area contributed by atoms with Crippen LogP contribution >= 0.6 is 11.8 Å². The summed E-state index contributed by atoms with van der Waals surface area (Å²) in [6.45, 7) is 2.43. The predicted octanol–water partition coefficient (Wildman–Crippen LogP) is 3.64. The number of benzene rings is 2. The van der Waals surface area contributed by atoms with Gasteiger partial charge >= 0.3 is 0 Å². The Hall–Kier alpha value is -2.74. The van der Waals surface area contributed by atoms with Gasteiger partial charge in [-0.05, 0) is 24.6 Å². The average molecular weight is 374 g/mol. The van der Waals surface area contributed by atoms with E-state index < -0.39 is 17.5 Å². The maximum atomic E-state index is 13.6. The molecule has 134 valence electrons. The van der Waals surface area contributed by atoms with Crippen molar-refractivity contribution in [2.45, 2.75) is 18.6 Å². The van der Waals surface area contributed by atoms with Crippen molar-refractivity contribution in [2.24, 2.45) is 0 Å². The number of amides is 1. The van der Waals surface area contributed by atoms with Crippen LogP contribution in [0.4, 0.5) is 14.5 Å². The van der Waals surface area contributed by atoms with Gasteiger partial charge in [-0.1, -0.05) is 42.1 Å². The van der Waals surface area contributed by atoms with Crippen LogP contribution in [0.15, 0.2) is 53.7 Å². The molecule has 3 rings (SSSR count). The van der Waals surface area contributed by atoms with Gasteiger partial charge in [0, 0.05) is 6.07 Å². The third-order valence-electron chi connectivity index (χ3n) is 3.62. The molecular formula is C18H16F2N4OS.